The molecule has 2 aliphatic rings. The Labute approximate surface area is 158 Å². The van der Waals surface area contributed by atoms with Crippen molar-refractivity contribution in [2.24, 2.45) is 5.92 Å². The molecule has 1 fully saturated rings. The van der Waals surface area contributed by atoms with Crippen molar-refractivity contribution in [1.29, 1.82) is 0 Å². The predicted octanol–water partition coefficient (Wildman–Crippen LogP) is 7.05. The van der Waals surface area contributed by atoms with Crippen molar-refractivity contribution in [2.75, 3.05) is 6.61 Å². The Kier molecular flexibility index (Phi) is 5.16. The van der Waals surface area contributed by atoms with Gasteiger partial charge in [-0.25, -0.2) is 13.2 Å². The summed E-state index contributed by atoms with van der Waals surface area (Å²) in [6.45, 7) is 2.55. The van der Waals surface area contributed by atoms with Gasteiger partial charge in [0, 0.05) is 11.1 Å². The van der Waals surface area contributed by atoms with Crippen LogP contribution in [-0.4, -0.2) is 6.61 Å². The van der Waals surface area contributed by atoms with Crippen LogP contribution in [0.2, 0.25) is 0 Å². The van der Waals surface area contributed by atoms with Gasteiger partial charge < -0.3 is 4.74 Å². The normalized spacial score (nSPS) is 15.4. The molecule has 0 aliphatic heterocycles. The number of rotatable bonds is 7. The first kappa shape index (κ1) is 18.4. The summed E-state index contributed by atoms with van der Waals surface area (Å²) in [6.07, 6.45) is 7.92. The van der Waals surface area contributed by atoms with E-state index in [-0.39, 0.29) is 16.9 Å². The highest BCUT2D eigenvalue weighted by molar-refractivity contribution is 6.03. The van der Waals surface area contributed by atoms with E-state index in [1.807, 2.05) is 0 Å². The molecule has 0 heterocycles. The van der Waals surface area contributed by atoms with Gasteiger partial charge in [0.25, 0.3) is 0 Å². The minimum absolute atomic E-state index is 0.0607. The summed E-state index contributed by atoms with van der Waals surface area (Å²) in [6, 6.07) is 5.06. The Hall–Kier alpha value is -1.97. The van der Waals surface area contributed by atoms with E-state index < -0.39 is 17.5 Å². The highest BCUT2D eigenvalue weighted by Gasteiger charge is 2.34. The second kappa shape index (κ2) is 7.57. The van der Waals surface area contributed by atoms with Crippen LogP contribution in [0, 0.1) is 23.4 Å². The molecule has 0 spiro atoms. The van der Waals surface area contributed by atoms with Gasteiger partial charge in [-0.1, -0.05) is 32.6 Å². The molecule has 2 aromatic carbocycles. The van der Waals surface area contributed by atoms with E-state index in [0.717, 1.165) is 32.1 Å². The zero-order valence-corrected chi connectivity index (χ0v) is 15.7. The van der Waals surface area contributed by atoms with Gasteiger partial charge in [-0.2, -0.15) is 0 Å². The van der Waals surface area contributed by atoms with Crippen LogP contribution in [0.4, 0.5) is 13.2 Å². The smallest absolute Gasteiger partial charge is 0.173 e. The molecule has 0 bridgehead atoms. The molecule has 2 aliphatic carbocycles. The lowest BCUT2D eigenvalue weighted by Crippen LogP contribution is -2.12. The van der Waals surface area contributed by atoms with Crippen LogP contribution < -0.4 is 4.74 Å². The summed E-state index contributed by atoms with van der Waals surface area (Å²) in [7, 11) is 0. The van der Waals surface area contributed by atoms with Crippen LogP contribution in [0.5, 0.6) is 5.75 Å². The van der Waals surface area contributed by atoms with E-state index in [9.17, 15) is 13.2 Å². The third-order valence-electron chi connectivity index (χ3n) is 5.93. The van der Waals surface area contributed by atoms with E-state index in [1.165, 1.54) is 12.8 Å². The average molecular weight is 374 g/mol. The maximum atomic E-state index is 14.9. The highest BCUT2D eigenvalue weighted by atomic mass is 19.2. The molecule has 0 N–H and O–H groups in total. The second-order valence-corrected chi connectivity index (χ2v) is 7.81. The monoisotopic (exact) mass is 374 g/mol. The van der Waals surface area contributed by atoms with E-state index in [0.29, 0.717) is 35.6 Å². The van der Waals surface area contributed by atoms with Crippen molar-refractivity contribution in [3.8, 4) is 28.0 Å². The second-order valence-electron chi connectivity index (χ2n) is 7.81. The van der Waals surface area contributed by atoms with Gasteiger partial charge >= 0.3 is 0 Å². The van der Waals surface area contributed by atoms with Gasteiger partial charge in [0.05, 0.1) is 6.61 Å². The number of hydrogen-bond donors (Lipinski definition) is 0. The molecule has 1 nitrogen and oxygen atoms in total. The molecule has 0 amide bonds. The van der Waals surface area contributed by atoms with Crippen molar-refractivity contribution in [2.45, 2.75) is 58.3 Å². The van der Waals surface area contributed by atoms with Gasteiger partial charge in [0.2, 0.25) is 0 Å². The maximum absolute atomic E-state index is 14.9. The molecule has 4 rings (SSSR count). The Morgan fingerprint density at radius 2 is 1.67 bits per heavy atom. The van der Waals surface area contributed by atoms with Crippen LogP contribution in [0.25, 0.3) is 22.3 Å². The summed E-state index contributed by atoms with van der Waals surface area (Å²) in [5, 5.41) is 0. The van der Waals surface area contributed by atoms with Gasteiger partial charge in [-0.15, -0.1) is 0 Å². The quantitative estimate of drug-likeness (QED) is 0.403. The zero-order valence-electron chi connectivity index (χ0n) is 15.7. The van der Waals surface area contributed by atoms with Crippen LogP contribution in [-0.2, 0) is 6.42 Å². The van der Waals surface area contributed by atoms with Gasteiger partial charge in [-0.05, 0) is 66.5 Å². The molecule has 27 heavy (non-hydrogen) atoms. The van der Waals surface area contributed by atoms with Gasteiger partial charge in [-0.3, -0.25) is 0 Å². The molecular weight excluding hydrogens is 349 g/mol. The first-order valence-electron chi connectivity index (χ1n) is 10.1. The maximum Gasteiger partial charge on any atom is 0.173 e. The molecule has 0 aromatic heterocycles. The Morgan fingerprint density at radius 3 is 2.41 bits per heavy atom. The fourth-order valence-corrected chi connectivity index (χ4v) is 4.34. The Balaban J connectivity index is 1.59. The standard InChI is InChI=1S/C23H25F3O/c1-2-3-4-9-15-12-17-16-10-11-18(27-13-14-7-5-6-8-14)22(25)19(16)20(17)23(26)21(15)24/h10-12,14H,2-9,13H2,1H3. The Bertz CT molecular complexity index is 853. The largest absolute Gasteiger partial charge is 0.490 e. The third kappa shape index (κ3) is 3.24. The lowest BCUT2D eigenvalue weighted by molar-refractivity contribution is 0.242. The summed E-state index contributed by atoms with van der Waals surface area (Å²) in [5.41, 5.74) is 1.85. The van der Waals surface area contributed by atoms with Crippen molar-refractivity contribution >= 4 is 0 Å². The van der Waals surface area contributed by atoms with Crippen LogP contribution in [0.15, 0.2) is 18.2 Å². The fraction of sp³-hybridized carbons (Fsp3) is 0.478. The zero-order chi connectivity index (χ0) is 19.0. The van der Waals surface area contributed by atoms with Gasteiger partial charge in [0.1, 0.15) is 0 Å². The summed E-state index contributed by atoms with van der Waals surface area (Å²) >= 11 is 0. The van der Waals surface area contributed by atoms with Crippen LogP contribution in [0.1, 0.15) is 57.4 Å². The lowest BCUT2D eigenvalue weighted by atomic mass is 9.78. The lowest BCUT2D eigenvalue weighted by Gasteiger charge is -2.27. The number of fused-ring (bicyclic) bond motifs is 4. The van der Waals surface area contributed by atoms with Crippen molar-refractivity contribution in [3.05, 3.63) is 41.2 Å². The summed E-state index contributed by atoms with van der Waals surface area (Å²) in [4.78, 5) is 0. The molecule has 4 heteroatoms. The number of unbranched alkanes of at least 4 members (excludes halogenated alkanes) is 2. The number of benzene rings is 2. The van der Waals surface area contributed by atoms with Crippen molar-refractivity contribution < 1.29 is 17.9 Å². The first-order chi connectivity index (χ1) is 13.1. The molecular formula is C23H25F3O. The Morgan fingerprint density at radius 1 is 0.926 bits per heavy atom. The first-order valence-corrected chi connectivity index (χ1v) is 10.1. The minimum Gasteiger partial charge on any atom is -0.490 e. The molecule has 2 aromatic rings. The fourth-order valence-electron chi connectivity index (χ4n) is 4.34. The minimum atomic E-state index is -0.932. The number of hydrogen-bond acceptors (Lipinski definition) is 1. The number of ether oxygens (including phenoxy) is 1. The highest BCUT2D eigenvalue weighted by Crippen LogP contribution is 2.52. The van der Waals surface area contributed by atoms with E-state index >= 15 is 0 Å². The average Bonchev–Trinajstić information content (AvgIpc) is 3.16. The van der Waals surface area contributed by atoms with E-state index in [2.05, 4.69) is 6.92 Å². The molecule has 0 unspecified atom stereocenters. The van der Waals surface area contributed by atoms with Crippen molar-refractivity contribution in [1.82, 2.24) is 0 Å². The molecule has 0 radical (unpaired) electrons. The van der Waals surface area contributed by atoms with Gasteiger partial charge in [0.15, 0.2) is 23.2 Å². The number of halogens is 3. The van der Waals surface area contributed by atoms with E-state index in [1.54, 1.807) is 18.2 Å². The summed E-state index contributed by atoms with van der Waals surface area (Å²) in [5.74, 6) is -1.75. The number of aryl methyl sites for hydroxylation is 1. The van der Waals surface area contributed by atoms with Crippen molar-refractivity contribution in [3.63, 3.8) is 0 Å². The molecule has 0 saturated heterocycles. The molecule has 144 valence electrons. The topological polar surface area (TPSA) is 9.23 Å². The SMILES string of the molecule is CCCCCc1cc2c(c(F)c1F)-c1c-2ccc(OCC2CCCC2)c1F. The molecule has 0 atom stereocenters. The predicted molar refractivity (Wildman–Crippen MR) is 101 cm³/mol. The van der Waals surface area contributed by atoms with E-state index in [4.69, 9.17) is 4.74 Å². The van der Waals surface area contributed by atoms with Crippen LogP contribution >= 0.6 is 0 Å². The third-order valence-corrected chi connectivity index (χ3v) is 5.93. The molecule has 1 saturated carbocycles. The summed E-state index contributed by atoms with van der Waals surface area (Å²) < 4.78 is 49.7. The van der Waals surface area contributed by atoms with Crippen LogP contribution in [0.3, 0.4) is 0 Å².